The third kappa shape index (κ3) is 2.87. The van der Waals surface area contributed by atoms with Crippen molar-refractivity contribution in [2.24, 2.45) is 5.92 Å². The van der Waals surface area contributed by atoms with E-state index < -0.39 is 0 Å². The van der Waals surface area contributed by atoms with Crippen LogP contribution >= 0.6 is 0 Å². The molecule has 7 nitrogen and oxygen atoms in total. The zero-order chi connectivity index (χ0) is 13.9. The Hall–Kier alpha value is -2.18. The van der Waals surface area contributed by atoms with E-state index in [1.54, 1.807) is 11.0 Å². The van der Waals surface area contributed by atoms with Gasteiger partial charge in [-0.25, -0.2) is 0 Å². The minimum Gasteiger partial charge on any atom is -0.352 e. The van der Waals surface area contributed by atoms with Gasteiger partial charge >= 0.3 is 0 Å². The van der Waals surface area contributed by atoms with E-state index in [1.807, 2.05) is 6.07 Å². The van der Waals surface area contributed by atoms with Crippen LogP contribution in [-0.2, 0) is 9.59 Å². The lowest BCUT2D eigenvalue weighted by atomic mass is 10.3. The molecule has 1 saturated carbocycles. The number of piperazine rings is 1. The molecule has 3 rings (SSSR count). The van der Waals surface area contributed by atoms with E-state index >= 15 is 0 Å². The molecule has 2 amide bonds. The molecule has 20 heavy (non-hydrogen) atoms. The van der Waals surface area contributed by atoms with Crippen molar-refractivity contribution in [1.29, 1.82) is 0 Å². The van der Waals surface area contributed by atoms with Crippen molar-refractivity contribution in [1.82, 2.24) is 15.1 Å². The van der Waals surface area contributed by atoms with Crippen molar-refractivity contribution >= 4 is 24.0 Å². The number of nitrogens with zero attached hydrogens (tertiary/aromatic N) is 4. The van der Waals surface area contributed by atoms with Crippen molar-refractivity contribution in [2.75, 3.05) is 36.4 Å². The summed E-state index contributed by atoms with van der Waals surface area (Å²) in [5, 5.41) is 10.9. The highest BCUT2D eigenvalue weighted by Gasteiger charge is 2.29. The minimum absolute atomic E-state index is 0.0339. The van der Waals surface area contributed by atoms with Crippen LogP contribution in [0.15, 0.2) is 12.1 Å². The SMILES string of the molecule is O=CN1CCN(c2ccc(NC(=O)C3CC3)nn2)CC1. The van der Waals surface area contributed by atoms with E-state index in [0.717, 1.165) is 38.2 Å². The van der Waals surface area contributed by atoms with Crippen LogP contribution < -0.4 is 10.2 Å². The number of carbonyl (C=O) groups excluding carboxylic acids is 2. The van der Waals surface area contributed by atoms with E-state index in [-0.39, 0.29) is 11.8 Å². The molecule has 1 aromatic heterocycles. The normalized spacial score (nSPS) is 18.8. The third-order valence-electron chi connectivity index (χ3n) is 3.64. The second-order valence-corrected chi connectivity index (χ2v) is 5.17. The fourth-order valence-corrected chi connectivity index (χ4v) is 2.19. The molecule has 0 radical (unpaired) electrons. The first kappa shape index (κ1) is 12.8. The zero-order valence-corrected chi connectivity index (χ0v) is 11.2. The average molecular weight is 275 g/mol. The van der Waals surface area contributed by atoms with Gasteiger partial charge in [-0.1, -0.05) is 0 Å². The molecule has 0 unspecified atom stereocenters. The van der Waals surface area contributed by atoms with Crippen LogP contribution in [-0.4, -0.2) is 53.6 Å². The first-order valence-corrected chi connectivity index (χ1v) is 6.85. The average Bonchev–Trinajstić information content (AvgIpc) is 3.33. The fraction of sp³-hybridized carbons (Fsp3) is 0.538. The highest BCUT2D eigenvalue weighted by Crippen LogP contribution is 2.29. The highest BCUT2D eigenvalue weighted by molar-refractivity contribution is 5.93. The molecule has 2 fully saturated rings. The summed E-state index contributed by atoms with van der Waals surface area (Å²) in [6.07, 6.45) is 2.82. The Morgan fingerprint density at radius 2 is 1.95 bits per heavy atom. The van der Waals surface area contributed by atoms with Gasteiger partial charge < -0.3 is 15.1 Å². The number of rotatable bonds is 4. The summed E-state index contributed by atoms with van der Waals surface area (Å²) in [6, 6.07) is 3.63. The molecule has 0 aromatic carbocycles. The number of nitrogens with one attached hydrogen (secondary N) is 1. The van der Waals surface area contributed by atoms with Crippen molar-refractivity contribution in [3.63, 3.8) is 0 Å². The Morgan fingerprint density at radius 3 is 2.50 bits per heavy atom. The molecular formula is C13H17N5O2. The summed E-state index contributed by atoms with van der Waals surface area (Å²) in [4.78, 5) is 26.1. The van der Waals surface area contributed by atoms with Crippen molar-refractivity contribution in [2.45, 2.75) is 12.8 Å². The van der Waals surface area contributed by atoms with E-state index in [0.29, 0.717) is 18.9 Å². The van der Waals surface area contributed by atoms with Gasteiger partial charge in [0.1, 0.15) is 0 Å². The van der Waals surface area contributed by atoms with Gasteiger partial charge in [-0.2, -0.15) is 0 Å². The fourth-order valence-electron chi connectivity index (χ4n) is 2.19. The van der Waals surface area contributed by atoms with E-state index in [9.17, 15) is 9.59 Å². The maximum atomic E-state index is 11.6. The maximum Gasteiger partial charge on any atom is 0.228 e. The second kappa shape index (κ2) is 5.44. The molecule has 1 aromatic rings. The number of carbonyl (C=O) groups is 2. The summed E-state index contributed by atoms with van der Waals surface area (Å²) < 4.78 is 0. The summed E-state index contributed by atoms with van der Waals surface area (Å²) in [5.41, 5.74) is 0. The molecule has 1 N–H and O–H groups in total. The van der Waals surface area contributed by atoms with Crippen molar-refractivity contribution in [3.05, 3.63) is 12.1 Å². The number of hydrogen-bond donors (Lipinski definition) is 1. The van der Waals surface area contributed by atoms with E-state index in [1.165, 1.54) is 0 Å². The predicted molar refractivity (Wildman–Crippen MR) is 73.2 cm³/mol. The first-order valence-electron chi connectivity index (χ1n) is 6.85. The molecule has 1 aliphatic carbocycles. The van der Waals surface area contributed by atoms with Crippen LogP contribution in [0, 0.1) is 5.92 Å². The summed E-state index contributed by atoms with van der Waals surface area (Å²) in [5.74, 6) is 1.47. The van der Waals surface area contributed by atoms with E-state index in [2.05, 4.69) is 20.4 Å². The summed E-state index contributed by atoms with van der Waals surface area (Å²) >= 11 is 0. The Labute approximate surface area is 117 Å². The molecule has 106 valence electrons. The van der Waals surface area contributed by atoms with Crippen LogP contribution in [0.5, 0.6) is 0 Å². The number of aromatic nitrogens is 2. The molecule has 1 saturated heterocycles. The van der Waals surface area contributed by atoms with Gasteiger partial charge in [0.05, 0.1) is 0 Å². The van der Waals surface area contributed by atoms with E-state index in [4.69, 9.17) is 0 Å². The summed E-state index contributed by atoms with van der Waals surface area (Å²) in [6.45, 7) is 2.90. The Morgan fingerprint density at radius 1 is 1.20 bits per heavy atom. The number of amides is 2. The van der Waals surface area contributed by atoms with Gasteiger partial charge in [0, 0.05) is 32.1 Å². The quantitative estimate of drug-likeness (QED) is 0.789. The minimum atomic E-state index is 0.0339. The Bertz CT molecular complexity index is 492. The van der Waals surface area contributed by atoms with Gasteiger partial charge in [-0.3, -0.25) is 9.59 Å². The lowest BCUT2D eigenvalue weighted by Gasteiger charge is -2.32. The van der Waals surface area contributed by atoms with Crippen LogP contribution in [0.25, 0.3) is 0 Å². The highest BCUT2D eigenvalue weighted by atomic mass is 16.2. The second-order valence-electron chi connectivity index (χ2n) is 5.17. The Balaban J connectivity index is 1.58. The number of anilines is 2. The standard InChI is InChI=1S/C13H17N5O2/c19-9-17-5-7-18(8-6-17)12-4-3-11(15-16-12)14-13(20)10-1-2-10/h3-4,9-10H,1-2,5-8H2,(H,14,15,20). The zero-order valence-electron chi connectivity index (χ0n) is 11.2. The monoisotopic (exact) mass is 275 g/mol. The first-order chi connectivity index (χ1) is 9.76. The molecule has 2 heterocycles. The molecule has 2 aliphatic rings. The lowest BCUT2D eigenvalue weighted by molar-refractivity contribution is -0.118. The van der Waals surface area contributed by atoms with Gasteiger partial charge in [0.15, 0.2) is 11.6 Å². The molecule has 0 bridgehead atoms. The van der Waals surface area contributed by atoms with Gasteiger partial charge in [-0.15, -0.1) is 10.2 Å². The van der Waals surface area contributed by atoms with Gasteiger partial charge in [0.2, 0.25) is 12.3 Å². The molecule has 7 heteroatoms. The smallest absolute Gasteiger partial charge is 0.228 e. The third-order valence-corrected chi connectivity index (χ3v) is 3.64. The molecular weight excluding hydrogens is 258 g/mol. The van der Waals surface area contributed by atoms with Gasteiger partial charge in [-0.05, 0) is 25.0 Å². The summed E-state index contributed by atoms with van der Waals surface area (Å²) in [7, 11) is 0. The largest absolute Gasteiger partial charge is 0.352 e. The Kier molecular flexibility index (Phi) is 3.49. The van der Waals surface area contributed by atoms with Crippen LogP contribution in [0.3, 0.4) is 0 Å². The van der Waals surface area contributed by atoms with Gasteiger partial charge in [0.25, 0.3) is 0 Å². The molecule has 0 spiro atoms. The topological polar surface area (TPSA) is 78.4 Å². The molecule has 0 atom stereocenters. The number of hydrogen-bond acceptors (Lipinski definition) is 5. The van der Waals surface area contributed by atoms with Crippen molar-refractivity contribution in [3.8, 4) is 0 Å². The predicted octanol–water partition coefficient (Wildman–Crippen LogP) is 0.103. The molecule has 1 aliphatic heterocycles. The van der Waals surface area contributed by atoms with Crippen molar-refractivity contribution < 1.29 is 9.59 Å². The lowest BCUT2D eigenvalue weighted by Crippen LogP contribution is -2.46. The van der Waals surface area contributed by atoms with Crippen LogP contribution in [0.1, 0.15) is 12.8 Å². The van der Waals surface area contributed by atoms with Crippen LogP contribution in [0.4, 0.5) is 11.6 Å². The van der Waals surface area contributed by atoms with Crippen LogP contribution in [0.2, 0.25) is 0 Å². The maximum absolute atomic E-state index is 11.6.